The Kier molecular flexibility index (Phi) is 5.37. The first kappa shape index (κ1) is 12.8. The molecule has 0 heterocycles. The summed E-state index contributed by atoms with van der Waals surface area (Å²) in [6.07, 6.45) is 4.15. The zero-order valence-electron chi connectivity index (χ0n) is 8.93. The van der Waals surface area contributed by atoms with Crippen LogP contribution in [0.5, 0.6) is 0 Å². The van der Waals surface area contributed by atoms with Gasteiger partial charge in [0.2, 0.25) is 0 Å². The molecule has 1 aromatic carbocycles. The van der Waals surface area contributed by atoms with Crippen LogP contribution in [0.3, 0.4) is 0 Å². The summed E-state index contributed by atoms with van der Waals surface area (Å²) in [5, 5.41) is 4.08. The summed E-state index contributed by atoms with van der Waals surface area (Å²) in [5.41, 5.74) is 1.05. The van der Waals surface area contributed by atoms with E-state index in [4.69, 9.17) is 11.6 Å². The Hall–Kier alpha value is -0.310. The van der Waals surface area contributed by atoms with Crippen LogP contribution >= 0.6 is 27.5 Å². The number of likely N-dealkylation sites (N-methyl/N-ethyl adjacent to an activating group) is 1. The highest BCUT2D eigenvalue weighted by Crippen LogP contribution is 2.22. The predicted molar refractivity (Wildman–Crippen MR) is 71.3 cm³/mol. The van der Waals surface area contributed by atoms with Crippen LogP contribution in [0, 0.1) is 0 Å². The fourth-order valence-corrected chi connectivity index (χ4v) is 2.01. The lowest BCUT2D eigenvalue weighted by Gasteiger charge is -2.06. The van der Waals surface area contributed by atoms with Crippen molar-refractivity contribution in [1.29, 1.82) is 0 Å². The van der Waals surface area contributed by atoms with Gasteiger partial charge in [-0.3, -0.25) is 0 Å². The third kappa shape index (κ3) is 4.37. The van der Waals surface area contributed by atoms with Gasteiger partial charge in [-0.1, -0.05) is 52.7 Å². The third-order valence-corrected chi connectivity index (χ3v) is 2.87. The molecule has 1 aromatic rings. The molecule has 0 amide bonds. The summed E-state index contributed by atoms with van der Waals surface area (Å²) in [6, 6.07) is 6.26. The molecule has 3 heteroatoms. The smallest absolute Gasteiger partial charge is 0.0489 e. The average molecular weight is 289 g/mol. The Morgan fingerprint density at radius 2 is 2.27 bits per heavy atom. The molecule has 1 rings (SSSR count). The summed E-state index contributed by atoms with van der Waals surface area (Å²) < 4.78 is 1.00. The van der Waals surface area contributed by atoms with Crippen LogP contribution in [-0.2, 0) is 0 Å². The van der Waals surface area contributed by atoms with E-state index in [1.807, 2.05) is 24.3 Å². The zero-order chi connectivity index (χ0) is 11.3. The first-order valence-corrected chi connectivity index (χ1v) is 6.17. The number of hydrogen-bond acceptors (Lipinski definition) is 1. The van der Waals surface area contributed by atoms with Gasteiger partial charge in [0.25, 0.3) is 0 Å². The summed E-state index contributed by atoms with van der Waals surface area (Å²) >= 11 is 9.47. The molecule has 1 unspecified atom stereocenters. The van der Waals surface area contributed by atoms with Crippen LogP contribution < -0.4 is 5.32 Å². The lowest BCUT2D eigenvalue weighted by molar-refractivity contribution is 0.663. The molecule has 0 fully saturated rings. The second-order valence-electron chi connectivity index (χ2n) is 3.37. The first-order chi connectivity index (χ1) is 7.13. The molecule has 0 aliphatic rings. The van der Waals surface area contributed by atoms with E-state index in [2.05, 4.69) is 41.2 Å². The van der Waals surface area contributed by atoms with Gasteiger partial charge < -0.3 is 5.32 Å². The minimum atomic E-state index is 0.370. The monoisotopic (exact) mass is 287 g/mol. The van der Waals surface area contributed by atoms with Crippen molar-refractivity contribution in [3.63, 3.8) is 0 Å². The van der Waals surface area contributed by atoms with Gasteiger partial charge in [0.05, 0.1) is 0 Å². The molecule has 0 saturated carbocycles. The zero-order valence-corrected chi connectivity index (χ0v) is 11.3. The fraction of sp³-hybridized carbons (Fsp3) is 0.333. The van der Waals surface area contributed by atoms with Crippen molar-refractivity contribution in [1.82, 2.24) is 5.32 Å². The normalized spacial score (nSPS) is 13.3. The molecular formula is C12H15BrClN. The van der Waals surface area contributed by atoms with Gasteiger partial charge >= 0.3 is 0 Å². The van der Waals surface area contributed by atoms with E-state index in [1.54, 1.807) is 0 Å². The van der Waals surface area contributed by atoms with Crippen molar-refractivity contribution >= 4 is 33.6 Å². The van der Waals surface area contributed by atoms with Crippen molar-refractivity contribution in [3.05, 3.63) is 39.3 Å². The minimum absolute atomic E-state index is 0.370. The second-order valence-corrected chi connectivity index (χ2v) is 4.69. The highest BCUT2D eigenvalue weighted by Gasteiger charge is 1.98. The second kappa shape index (κ2) is 6.31. The van der Waals surface area contributed by atoms with Gasteiger partial charge in [-0.05, 0) is 31.2 Å². The van der Waals surface area contributed by atoms with Crippen molar-refractivity contribution in [2.24, 2.45) is 0 Å². The molecule has 0 saturated heterocycles. The third-order valence-electron chi connectivity index (χ3n) is 2.05. The van der Waals surface area contributed by atoms with Crippen LogP contribution in [0.25, 0.3) is 6.08 Å². The van der Waals surface area contributed by atoms with E-state index in [0.717, 1.165) is 21.6 Å². The number of hydrogen-bond donors (Lipinski definition) is 1. The van der Waals surface area contributed by atoms with E-state index in [0.29, 0.717) is 6.04 Å². The minimum Gasteiger partial charge on any atom is -0.311 e. The summed E-state index contributed by atoms with van der Waals surface area (Å²) in [7, 11) is 0. The molecule has 0 aliphatic heterocycles. The van der Waals surface area contributed by atoms with Crippen molar-refractivity contribution in [2.45, 2.75) is 19.9 Å². The molecule has 15 heavy (non-hydrogen) atoms. The fourth-order valence-electron chi connectivity index (χ4n) is 1.27. The molecule has 1 N–H and O–H groups in total. The Bertz CT molecular complexity index is 349. The maximum absolute atomic E-state index is 6.09. The molecule has 0 aliphatic carbocycles. The van der Waals surface area contributed by atoms with Crippen LogP contribution in [0.15, 0.2) is 28.7 Å². The van der Waals surface area contributed by atoms with Gasteiger partial charge in [0, 0.05) is 15.5 Å². The van der Waals surface area contributed by atoms with E-state index in [-0.39, 0.29) is 0 Å². The topological polar surface area (TPSA) is 12.0 Å². The first-order valence-electron chi connectivity index (χ1n) is 5.00. The van der Waals surface area contributed by atoms with Crippen LogP contribution in [0.1, 0.15) is 19.4 Å². The van der Waals surface area contributed by atoms with Crippen LogP contribution in [-0.4, -0.2) is 12.6 Å². The van der Waals surface area contributed by atoms with Gasteiger partial charge in [-0.2, -0.15) is 0 Å². The molecule has 0 aromatic heterocycles. The van der Waals surface area contributed by atoms with Crippen molar-refractivity contribution < 1.29 is 0 Å². The van der Waals surface area contributed by atoms with Crippen molar-refractivity contribution in [2.75, 3.05) is 6.54 Å². The summed E-state index contributed by atoms with van der Waals surface area (Å²) in [4.78, 5) is 0. The van der Waals surface area contributed by atoms with E-state index < -0.39 is 0 Å². The molecule has 1 atom stereocenters. The van der Waals surface area contributed by atoms with E-state index >= 15 is 0 Å². The molecule has 0 bridgehead atoms. The highest BCUT2D eigenvalue weighted by atomic mass is 79.9. The number of rotatable bonds is 4. The maximum Gasteiger partial charge on any atom is 0.0489 e. The average Bonchev–Trinajstić information content (AvgIpc) is 2.17. The predicted octanol–water partition coefficient (Wildman–Crippen LogP) is 4.11. The Morgan fingerprint density at radius 3 is 2.87 bits per heavy atom. The van der Waals surface area contributed by atoms with Crippen molar-refractivity contribution in [3.8, 4) is 0 Å². The Balaban J connectivity index is 2.72. The van der Waals surface area contributed by atoms with Crippen LogP contribution in [0.2, 0.25) is 5.02 Å². The van der Waals surface area contributed by atoms with Gasteiger partial charge in [-0.15, -0.1) is 0 Å². The molecule has 0 spiro atoms. The molecule has 82 valence electrons. The Labute approximate surface area is 105 Å². The molecule has 1 nitrogen and oxygen atoms in total. The SMILES string of the molecule is CCNC(C)/C=C/c1ccc(Br)cc1Cl. The summed E-state index contributed by atoms with van der Waals surface area (Å²) in [5.74, 6) is 0. The largest absolute Gasteiger partial charge is 0.311 e. The number of nitrogens with one attached hydrogen (secondary N) is 1. The standard InChI is InChI=1S/C12H15BrClN/c1-3-15-9(2)4-5-10-6-7-11(13)8-12(10)14/h4-9,15H,3H2,1-2H3/b5-4+. The lowest BCUT2D eigenvalue weighted by atomic mass is 10.2. The summed E-state index contributed by atoms with van der Waals surface area (Å²) in [6.45, 7) is 5.18. The lowest BCUT2D eigenvalue weighted by Crippen LogP contribution is -2.22. The molecule has 0 radical (unpaired) electrons. The molecular weight excluding hydrogens is 273 g/mol. The highest BCUT2D eigenvalue weighted by molar-refractivity contribution is 9.10. The maximum atomic E-state index is 6.09. The van der Waals surface area contributed by atoms with E-state index in [1.165, 1.54) is 0 Å². The number of benzene rings is 1. The van der Waals surface area contributed by atoms with Gasteiger partial charge in [0.15, 0.2) is 0 Å². The van der Waals surface area contributed by atoms with E-state index in [9.17, 15) is 0 Å². The van der Waals surface area contributed by atoms with Gasteiger partial charge in [0.1, 0.15) is 0 Å². The van der Waals surface area contributed by atoms with Gasteiger partial charge in [-0.25, -0.2) is 0 Å². The van der Waals surface area contributed by atoms with Crippen LogP contribution in [0.4, 0.5) is 0 Å². The Morgan fingerprint density at radius 1 is 1.53 bits per heavy atom. The number of halogens is 2. The quantitative estimate of drug-likeness (QED) is 0.879.